The molecule has 1 saturated heterocycles. The fourth-order valence-electron chi connectivity index (χ4n) is 3.82. The molecule has 11 heteroatoms. The Morgan fingerprint density at radius 2 is 1.68 bits per heavy atom. The summed E-state index contributed by atoms with van der Waals surface area (Å²) in [6.07, 6.45) is 1.88. The van der Waals surface area contributed by atoms with Crippen LogP contribution in [-0.2, 0) is 23.2 Å². The van der Waals surface area contributed by atoms with Crippen molar-refractivity contribution in [3.8, 4) is 5.75 Å². The summed E-state index contributed by atoms with van der Waals surface area (Å²) >= 11 is 0. The summed E-state index contributed by atoms with van der Waals surface area (Å²) in [7, 11) is -1.82. The molecule has 0 aromatic heterocycles. The first-order chi connectivity index (χ1) is 18.0. The van der Waals surface area contributed by atoms with Crippen LogP contribution in [0.3, 0.4) is 0 Å². The number of aliphatic hydroxyl groups is 1. The average molecular weight is 554 g/mol. The van der Waals surface area contributed by atoms with Crippen molar-refractivity contribution in [3.05, 3.63) is 65.5 Å². The number of rotatable bonds is 10. The number of aliphatic hydroxyl groups excluding tert-OH is 1. The first kappa shape index (κ1) is 31.5. The maximum Gasteiger partial charge on any atom is 0.318 e. The van der Waals surface area contributed by atoms with E-state index in [-0.39, 0.29) is 17.9 Å². The molecule has 2 aromatic carbocycles. The molecule has 0 saturated carbocycles. The first-order valence-electron chi connectivity index (χ1n) is 12.7. The SMILES string of the molecule is CC(C)COc1ccc(CNC(=O)N(Cc2ccc(F)cc2)C2CCN(C)CC2)cc1.O=S(=O)(O)CCO. The highest BCUT2D eigenvalue weighted by Gasteiger charge is 2.27. The van der Waals surface area contributed by atoms with E-state index in [1.54, 1.807) is 12.1 Å². The molecule has 3 rings (SSSR count). The maximum absolute atomic E-state index is 13.3. The van der Waals surface area contributed by atoms with Gasteiger partial charge in [-0.25, -0.2) is 9.18 Å². The van der Waals surface area contributed by atoms with Crippen LogP contribution >= 0.6 is 0 Å². The van der Waals surface area contributed by atoms with E-state index >= 15 is 0 Å². The number of hydrogen-bond donors (Lipinski definition) is 3. The van der Waals surface area contributed by atoms with Gasteiger partial charge in [0.25, 0.3) is 10.1 Å². The second kappa shape index (κ2) is 15.6. The molecule has 38 heavy (non-hydrogen) atoms. The van der Waals surface area contributed by atoms with Gasteiger partial charge in [-0.2, -0.15) is 8.42 Å². The van der Waals surface area contributed by atoms with E-state index in [0.29, 0.717) is 25.6 Å². The van der Waals surface area contributed by atoms with Crippen molar-refractivity contribution in [1.29, 1.82) is 0 Å². The Morgan fingerprint density at radius 1 is 1.11 bits per heavy atom. The van der Waals surface area contributed by atoms with Crippen LogP contribution in [0.5, 0.6) is 5.75 Å². The van der Waals surface area contributed by atoms with E-state index in [4.69, 9.17) is 14.4 Å². The number of halogens is 1. The number of nitrogens with one attached hydrogen (secondary N) is 1. The van der Waals surface area contributed by atoms with E-state index in [1.165, 1.54) is 12.1 Å². The standard InChI is InChI=1S/C25H34FN3O2.C2H6O4S/c1-19(2)18-31-24-10-6-20(7-11-24)16-27-25(30)29(23-12-14-28(3)15-13-23)17-21-4-8-22(26)9-5-21;3-1-2-7(4,5)6/h4-11,19,23H,12-18H2,1-3H3,(H,27,30);3H,1-2H2,(H,4,5,6). The van der Waals surface area contributed by atoms with Crippen molar-refractivity contribution >= 4 is 16.1 Å². The Bertz CT molecular complexity index is 1070. The summed E-state index contributed by atoms with van der Waals surface area (Å²) in [5.74, 6) is 0.478. The molecule has 2 amide bonds. The van der Waals surface area contributed by atoms with Gasteiger partial charge in [-0.3, -0.25) is 4.55 Å². The summed E-state index contributed by atoms with van der Waals surface area (Å²) in [4.78, 5) is 17.3. The number of hydrogen-bond acceptors (Lipinski definition) is 6. The summed E-state index contributed by atoms with van der Waals surface area (Å²) in [5, 5.41) is 10.9. The summed E-state index contributed by atoms with van der Waals surface area (Å²) in [5.41, 5.74) is 1.96. The molecule has 3 N–H and O–H groups in total. The lowest BCUT2D eigenvalue weighted by Gasteiger charge is -2.37. The highest BCUT2D eigenvalue weighted by molar-refractivity contribution is 7.85. The molecule has 0 unspecified atom stereocenters. The summed E-state index contributed by atoms with van der Waals surface area (Å²) in [6.45, 7) is 7.26. The number of ether oxygens (including phenoxy) is 1. The van der Waals surface area contributed by atoms with Crippen molar-refractivity contribution in [2.75, 3.05) is 39.1 Å². The summed E-state index contributed by atoms with van der Waals surface area (Å²) < 4.78 is 46.1. The van der Waals surface area contributed by atoms with Gasteiger partial charge in [-0.05, 0) is 74.3 Å². The van der Waals surface area contributed by atoms with E-state index in [1.807, 2.05) is 29.2 Å². The van der Waals surface area contributed by atoms with Gasteiger partial charge in [0.05, 0.1) is 19.0 Å². The molecule has 1 aliphatic rings. The average Bonchev–Trinajstić information content (AvgIpc) is 2.86. The fourth-order valence-corrected chi connectivity index (χ4v) is 4.05. The van der Waals surface area contributed by atoms with Gasteiger partial charge in [-0.1, -0.05) is 38.1 Å². The van der Waals surface area contributed by atoms with Crippen molar-refractivity contribution in [2.45, 2.75) is 45.8 Å². The molecule has 1 heterocycles. The van der Waals surface area contributed by atoms with Gasteiger partial charge in [0, 0.05) is 19.1 Å². The molecule has 0 spiro atoms. The lowest BCUT2D eigenvalue weighted by Crippen LogP contribution is -2.49. The molecular weight excluding hydrogens is 513 g/mol. The van der Waals surface area contributed by atoms with Crippen molar-refractivity contribution in [3.63, 3.8) is 0 Å². The topological polar surface area (TPSA) is 119 Å². The predicted molar refractivity (Wildman–Crippen MR) is 145 cm³/mol. The number of carbonyl (C=O) groups is 1. The Kier molecular flexibility index (Phi) is 12.9. The molecule has 0 atom stereocenters. The van der Waals surface area contributed by atoms with Crippen LogP contribution in [0.25, 0.3) is 0 Å². The van der Waals surface area contributed by atoms with Crippen molar-refractivity contribution in [2.24, 2.45) is 5.92 Å². The van der Waals surface area contributed by atoms with Gasteiger partial charge in [-0.15, -0.1) is 0 Å². The van der Waals surface area contributed by atoms with Crippen LogP contribution in [0, 0.1) is 11.7 Å². The van der Waals surface area contributed by atoms with Crippen LogP contribution in [0.15, 0.2) is 48.5 Å². The van der Waals surface area contributed by atoms with Crippen molar-refractivity contribution < 1.29 is 32.0 Å². The Morgan fingerprint density at radius 3 is 2.18 bits per heavy atom. The van der Waals surface area contributed by atoms with Gasteiger partial charge in [0.2, 0.25) is 0 Å². The molecular formula is C27H40FN3O6S. The number of amides is 2. The molecule has 212 valence electrons. The van der Waals surface area contributed by atoms with Crippen molar-refractivity contribution in [1.82, 2.24) is 15.1 Å². The molecule has 1 fully saturated rings. The minimum absolute atomic E-state index is 0.0842. The maximum atomic E-state index is 13.3. The van der Waals surface area contributed by atoms with Gasteiger partial charge in [0.1, 0.15) is 11.6 Å². The van der Waals surface area contributed by atoms with Crippen LogP contribution in [0.4, 0.5) is 9.18 Å². The molecule has 0 bridgehead atoms. The third kappa shape index (κ3) is 12.2. The monoisotopic (exact) mass is 553 g/mol. The van der Waals surface area contributed by atoms with Crippen LogP contribution in [-0.4, -0.2) is 79.1 Å². The smallest absolute Gasteiger partial charge is 0.318 e. The zero-order valence-electron chi connectivity index (χ0n) is 22.3. The van der Waals surface area contributed by atoms with Gasteiger partial charge >= 0.3 is 6.03 Å². The predicted octanol–water partition coefficient (Wildman–Crippen LogP) is 3.53. The van der Waals surface area contributed by atoms with E-state index in [2.05, 4.69) is 31.1 Å². The fraction of sp³-hybridized carbons (Fsp3) is 0.519. The third-order valence-corrected chi connectivity index (χ3v) is 6.65. The lowest BCUT2D eigenvalue weighted by atomic mass is 10.0. The number of likely N-dealkylation sites (tertiary alicyclic amines) is 1. The van der Waals surface area contributed by atoms with Gasteiger partial charge in [0.15, 0.2) is 0 Å². The quantitative estimate of drug-likeness (QED) is 0.385. The van der Waals surface area contributed by atoms with Gasteiger partial charge < -0.3 is 25.0 Å². The van der Waals surface area contributed by atoms with Crippen LogP contribution < -0.4 is 10.1 Å². The number of nitrogens with zero attached hydrogens (tertiary/aromatic N) is 2. The molecule has 2 aromatic rings. The number of urea groups is 1. The minimum atomic E-state index is -3.92. The highest BCUT2D eigenvalue weighted by Crippen LogP contribution is 2.19. The zero-order chi connectivity index (χ0) is 28.1. The van der Waals surface area contributed by atoms with E-state index < -0.39 is 22.5 Å². The third-order valence-electron chi connectivity index (χ3n) is 5.96. The van der Waals surface area contributed by atoms with E-state index in [0.717, 1.165) is 42.8 Å². The van der Waals surface area contributed by atoms with Crippen LogP contribution in [0.2, 0.25) is 0 Å². The minimum Gasteiger partial charge on any atom is -0.493 e. The Labute approximate surface area is 225 Å². The Balaban J connectivity index is 0.000000638. The molecule has 0 aliphatic carbocycles. The first-order valence-corrected chi connectivity index (χ1v) is 14.3. The molecule has 9 nitrogen and oxygen atoms in total. The number of carbonyl (C=O) groups excluding carboxylic acids is 1. The molecule has 0 radical (unpaired) electrons. The lowest BCUT2D eigenvalue weighted by molar-refractivity contribution is 0.127. The largest absolute Gasteiger partial charge is 0.493 e. The van der Waals surface area contributed by atoms with E-state index in [9.17, 15) is 17.6 Å². The zero-order valence-corrected chi connectivity index (χ0v) is 23.2. The second-order valence-electron chi connectivity index (χ2n) is 9.81. The van der Waals surface area contributed by atoms with Crippen LogP contribution in [0.1, 0.15) is 37.8 Å². The molecule has 1 aliphatic heterocycles. The Hall–Kier alpha value is -2.73. The number of benzene rings is 2. The summed E-state index contributed by atoms with van der Waals surface area (Å²) in [6, 6.07) is 14.3. The number of piperidine rings is 1. The normalized spacial score (nSPS) is 14.5. The second-order valence-corrected chi connectivity index (χ2v) is 11.4. The highest BCUT2D eigenvalue weighted by atomic mass is 32.2.